The number of amides is 3. The Morgan fingerprint density at radius 2 is 1.74 bits per heavy atom. The summed E-state index contributed by atoms with van der Waals surface area (Å²) in [4.78, 5) is 25.0. The number of rotatable bonds is 2. The molecule has 0 unspecified atom stereocenters. The molecule has 0 bridgehead atoms. The first-order chi connectivity index (χ1) is 9.18. The molecule has 102 valence electrons. The van der Waals surface area contributed by atoms with Crippen LogP contribution in [-0.4, -0.2) is 30.0 Å². The van der Waals surface area contributed by atoms with E-state index in [-0.39, 0.29) is 11.9 Å². The summed E-state index contributed by atoms with van der Waals surface area (Å²) < 4.78 is 0. The van der Waals surface area contributed by atoms with Gasteiger partial charge in [0.2, 0.25) is 5.91 Å². The lowest BCUT2D eigenvalue weighted by atomic mass is 10.2. The maximum atomic E-state index is 12.2. The molecular weight excluding hydrogens is 242 g/mol. The van der Waals surface area contributed by atoms with Gasteiger partial charge in [-0.2, -0.15) is 0 Å². The summed E-state index contributed by atoms with van der Waals surface area (Å²) in [7, 11) is 0. The number of piperidine rings is 1. The maximum Gasteiger partial charge on any atom is 0.343 e. The molecular formula is C14H19N3O2. The smallest absolute Gasteiger partial charge is 0.274 e. The van der Waals surface area contributed by atoms with Gasteiger partial charge in [-0.1, -0.05) is 24.6 Å². The van der Waals surface area contributed by atoms with Crippen LogP contribution in [0.25, 0.3) is 0 Å². The lowest BCUT2D eigenvalue weighted by molar-refractivity contribution is -0.115. The van der Waals surface area contributed by atoms with E-state index in [4.69, 9.17) is 0 Å². The first-order valence-electron chi connectivity index (χ1n) is 6.60. The summed E-state index contributed by atoms with van der Waals surface area (Å²) in [5, 5.41) is 1.88. The Morgan fingerprint density at radius 1 is 1.11 bits per heavy atom. The molecule has 0 radical (unpaired) electrons. The average Bonchev–Trinajstić information content (AvgIpc) is 2.40. The molecule has 2 rings (SSSR count). The molecule has 5 heteroatoms. The summed E-state index contributed by atoms with van der Waals surface area (Å²) in [6.07, 6.45) is 3.35. The molecule has 0 saturated carbocycles. The fraction of sp³-hybridized carbons (Fsp3) is 0.429. The minimum Gasteiger partial charge on any atom is -0.274 e. The number of hydrogen-bond donors (Lipinski definition) is 1. The van der Waals surface area contributed by atoms with Gasteiger partial charge in [-0.25, -0.2) is 14.7 Å². The maximum absolute atomic E-state index is 12.2. The fourth-order valence-corrected chi connectivity index (χ4v) is 2.21. The second-order valence-corrected chi connectivity index (χ2v) is 4.65. The van der Waals surface area contributed by atoms with E-state index in [1.165, 1.54) is 13.3 Å². The van der Waals surface area contributed by atoms with Crippen LogP contribution in [0, 0.1) is 0 Å². The van der Waals surface area contributed by atoms with Gasteiger partial charge in [0.05, 0.1) is 5.69 Å². The van der Waals surface area contributed by atoms with Crippen LogP contribution in [0.5, 0.6) is 0 Å². The van der Waals surface area contributed by atoms with Crippen LogP contribution in [0.1, 0.15) is 26.2 Å². The van der Waals surface area contributed by atoms with Gasteiger partial charge in [-0.15, -0.1) is 0 Å². The zero-order valence-corrected chi connectivity index (χ0v) is 11.1. The minimum atomic E-state index is -0.388. The molecule has 1 aromatic rings. The van der Waals surface area contributed by atoms with Crippen LogP contribution in [0.4, 0.5) is 10.5 Å². The van der Waals surface area contributed by atoms with Crippen molar-refractivity contribution in [2.75, 3.05) is 18.0 Å². The molecule has 1 heterocycles. The predicted octanol–water partition coefficient (Wildman–Crippen LogP) is 2.15. The predicted molar refractivity (Wildman–Crippen MR) is 73.6 cm³/mol. The lowest BCUT2D eigenvalue weighted by Gasteiger charge is -2.29. The van der Waals surface area contributed by atoms with Gasteiger partial charge in [-0.05, 0) is 25.0 Å². The summed E-state index contributed by atoms with van der Waals surface area (Å²) >= 11 is 0. The molecule has 1 aliphatic heterocycles. The SMILES string of the molecule is CC(=O)N(C(=O)NN1CCCCC1)c1ccccc1. The van der Waals surface area contributed by atoms with Crippen LogP contribution < -0.4 is 10.3 Å². The summed E-state index contributed by atoms with van der Waals surface area (Å²) in [5.41, 5.74) is 3.39. The molecule has 1 aliphatic rings. The van der Waals surface area contributed by atoms with E-state index in [0.29, 0.717) is 5.69 Å². The number of urea groups is 1. The third-order valence-corrected chi connectivity index (χ3v) is 3.14. The molecule has 1 N–H and O–H groups in total. The molecule has 3 amide bonds. The van der Waals surface area contributed by atoms with E-state index < -0.39 is 0 Å². The lowest BCUT2D eigenvalue weighted by Crippen LogP contribution is -2.52. The van der Waals surface area contributed by atoms with Crippen molar-refractivity contribution in [3.63, 3.8) is 0 Å². The monoisotopic (exact) mass is 261 g/mol. The number of nitrogens with zero attached hydrogens (tertiary/aromatic N) is 2. The standard InChI is InChI=1S/C14H19N3O2/c1-12(18)17(13-8-4-2-5-9-13)14(19)15-16-10-6-3-7-11-16/h2,4-5,8-9H,3,6-7,10-11H2,1H3,(H,15,19). The van der Waals surface area contributed by atoms with Crippen molar-refractivity contribution in [1.29, 1.82) is 0 Å². The summed E-state index contributed by atoms with van der Waals surface area (Å²) in [5.74, 6) is -0.291. The first kappa shape index (κ1) is 13.5. The highest BCUT2D eigenvalue weighted by atomic mass is 16.2. The highest BCUT2D eigenvalue weighted by molar-refractivity contribution is 6.13. The normalized spacial score (nSPS) is 15.8. The number of anilines is 1. The number of hydrazine groups is 1. The van der Waals surface area contributed by atoms with Crippen molar-refractivity contribution >= 4 is 17.6 Å². The van der Waals surface area contributed by atoms with Crippen molar-refractivity contribution in [3.8, 4) is 0 Å². The van der Waals surface area contributed by atoms with Gasteiger partial charge >= 0.3 is 6.03 Å². The third kappa shape index (κ3) is 3.54. The topological polar surface area (TPSA) is 52.7 Å². The number of carbonyl (C=O) groups is 2. The molecule has 5 nitrogen and oxygen atoms in total. The Kier molecular flexibility index (Phi) is 4.52. The first-order valence-corrected chi connectivity index (χ1v) is 6.60. The second kappa shape index (κ2) is 6.33. The van der Waals surface area contributed by atoms with Crippen molar-refractivity contribution in [3.05, 3.63) is 30.3 Å². The van der Waals surface area contributed by atoms with Crippen LogP contribution in [0.3, 0.4) is 0 Å². The third-order valence-electron chi connectivity index (χ3n) is 3.14. The van der Waals surface area contributed by atoms with Gasteiger partial charge in [0.25, 0.3) is 0 Å². The Balaban J connectivity index is 2.06. The molecule has 0 spiro atoms. The Hall–Kier alpha value is -1.88. The zero-order chi connectivity index (χ0) is 13.7. The molecule has 0 aromatic heterocycles. The van der Waals surface area contributed by atoms with Gasteiger partial charge in [0.15, 0.2) is 0 Å². The number of benzene rings is 1. The van der Waals surface area contributed by atoms with Crippen LogP contribution in [0.2, 0.25) is 0 Å². The van der Waals surface area contributed by atoms with E-state index in [1.54, 1.807) is 24.3 Å². The molecule has 19 heavy (non-hydrogen) atoms. The van der Waals surface area contributed by atoms with Crippen LogP contribution in [-0.2, 0) is 4.79 Å². The molecule has 1 fully saturated rings. The van der Waals surface area contributed by atoms with Crippen LogP contribution >= 0.6 is 0 Å². The van der Waals surface area contributed by atoms with E-state index in [0.717, 1.165) is 30.8 Å². The Bertz CT molecular complexity index is 441. The van der Waals surface area contributed by atoms with Crippen molar-refractivity contribution in [1.82, 2.24) is 10.4 Å². The highest BCUT2D eigenvalue weighted by Crippen LogP contribution is 2.14. The van der Waals surface area contributed by atoms with Gasteiger partial charge in [0.1, 0.15) is 0 Å². The van der Waals surface area contributed by atoms with Crippen molar-refractivity contribution in [2.45, 2.75) is 26.2 Å². The zero-order valence-electron chi connectivity index (χ0n) is 11.1. The number of para-hydroxylation sites is 1. The van der Waals surface area contributed by atoms with E-state index in [1.807, 2.05) is 11.1 Å². The number of hydrogen-bond acceptors (Lipinski definition) is 3. The molecule has 1 saturated heterocycles. The van der Waals surface area contributed by atoms with E-state index in [2.05, 4.69) is 5.43 Å². The molecule has 0 aliphatic carbocycles. The second-order valence-electron chi connectivity index (χ2n) is 4.65. The van der Waals surface area contributed by atoms with Crippen molar-refractivity contribution < 1.29 is 9.59 Å². The van der Waals surface area contributed by atoms with Gasteiger partial charge in [0, 0.05) is 20.0 Å². The average molecular weight is 261 g/mol. The summed E-state index contributed by atoms with van der Waals surface area (Å²) in [6.45, 7) is 3.07. The fourth-order valence-electron chi connectivity index (χ4n) is 2.21. The van der Waals surface area contributed by atoms with E-state index >= 15 is 0 Å². The largest absolute Gasteiger partial charge is 0.343 e. The highest BCUT2D eigenvalue weighted by Gasteiger charge is 2.22. The Labute approximate surface area is 113 Å². The quantitative estimate of drug-likeness (QED) is 0.887. The van der Waals surface area contributed by atoms with Crippen molar-refractivity contribution in [2.24, 2.45) is 0 Å². The van der Waals surface area contributed by atoms with Gasteiger partial charge < -0.3 is 0 Å². The number of nitrogens with one attached hydrogen (secondary N) is 1. The molecule has 1 aromatic carbocycles. The number of carbonyl (C=O) groups excluding carboxylic acids is 2. The molecule has 0 atom stereocenters. The Morgan fingerprint density at radius 3 is 2.32 bits per heavy atom. The number of imide groups is 1. The van der Waals surface area contributed by atoms with Crippen LogP contribution in [0.15, 0.2) is 30.3 Å². The minimum absolute atomic E-state index is 0.291. The van der Waals surface area contributed by atoms with Gasteiger partial charge in [-0.3, -0.25) is 10.2 Å². The van der Waals surface area contributed by atoms with E-state index in [9.17, 15) is 9.59 Å². The summed E-state index contributed by atoms with van der Waals surface area (Å²) in [6, 6.07) is 8.57.